The van der Waals surface area contributed by atoms with Crippen LogP contribution in [0.3, 0.4) is 0 Å². The average molecular weight is 406 g/mol. The fourth-order valence-corrected chi connectivity index (χ4v) is 4.48. The van der Waals surface area contributed by atoms with Crippen LogP contribution in [-0.4, -0.2) is 46.8 Å². The molecule has 3 aromatic rings. The van der Waals surface area contributed by atoms with Crippen LogP contribution in [0.2, 0.25) is 0 Å². The number of hydrogen-bond acceptors (Lipinski definition) is 4. The summed E-state index contributed by atoms with van der Waals surface area (Å²) in [5, 5.41) is 3.10. The van der Waals surface area contributed by atoms with Gasteiger partial charge in [-0.2, -0.15) is 0 Å². The quantitative estimate of drug-likeness (QED) is 0.718. The van der Waals surface area contributed by atoms with E-state index in [9.17, 15) is 4.79 Å². The Balaban J connectivity index is 1.25. The maximum Gasteiger partial charge on any atom is 0.317 e. The smallest absolute Gasteiger partial charge is 0.317 e. The van der Waals surface area contributed by atoms with Crippen molar-refractivity contribution in [2.75, 3.05) is 26.3 Å². The Morgan fingerprint density at radius 1 is 1.17 bits per heavy atom. The van der Waals surface area contributed by atoms with E-state index in [1.54, 1.807) is 0 Å². The fourth-order valence-electron chi connectivity index (χ4n) is 4.48. The van der Waals surface area contributed by atoms with Gasteiger partial charge in [0.25, 0.3) is 0 Å². The Hall–Kier alpha value is -3.22. The van der Waals surface area contributed by atoms with E-state index in [4.69, 9.17) is 9.47 Å². The normalized spacial score (nSPS) is 18.0. The number of rotatable bonds is 4. The molecule has 1 fully saturated rings. The highest BCUT2D eigenvalue weighted by atomic mass is 16.6. The number of aryl methyl sites for hydroxylation is 1. The minimum atomic E-state index is -0.0190. The van der Waals surface area contributed by atoms with Crippen molar-refractivity contribution in [2.24, 2.45) is 0 Å². The number of fused-ring (bicyclic) bond motifs is 2. The minimum absolute atomic E-state index is 0.0190. The van der Waals surface area contributed by atoms with Crippen LogP contribution in [0.4, 0.5) is 4.79 Å². The van der Waals surface area contributed by atoms with Crippen LogP contribution >= 0.6 is 0 Å². The number of benzene rings is 2. The van der Waals surface area contributed by atoms with Crippen molar-refractivity contribution in [1.82, 2.24) is 19.8 Å². The van der Waals surface area contributed by atoms with E-state index >= 15 is 0 Å². The van der Waals surface area contributed by atoms with Crippen LogP contribution < -0.4 is 14.8 Å². The number of nitrogens with zero attached hydrogens (tertiary/aromatic N) is 3. The van der Waals surface area contributed by atoms with Crippen LogP contribution in [0.15, 0.2) is 42.5 Å². The highest BCUT2D eigenvalue weighted by molar-refractivity contribution is 5.76. The molecule has 0 radical (unpaired) electrons. The first-order chi connectivity index (χ1) is 14.7. The lowest BCUT2D eigenvalue weighted by Gasteiger charge is -2.27. The van der Waals surface area contributed by atoms with Crippen LogP contribution in [0.5, 0.6) is 11.5 Å². The van der Waals surface area contributed by atoms with Crippen molar-refractivity contribution >= 4 is 17.1 Å². The lowest BCUT2D eigenvalue weighted by atomic mass is 10.0. The summed E-state index contributed by atoms with van der Waals surface area (Å²) in [6.45, 7) is 5.16. The molecule has 0 spiro atoms. The Morgan fingerprint density at radius 3 is 2.90 bits per heavy atom. The van der Waals surface area contributed by atoms with Crippen LogP contribution in [0.25, 0.3) is 11.0 Å². The number of nitrogens with one attached hydrogen (secondary N) is 1. The molecule has 1 atom stereocenters. The lowest BCUT2D eigenvalue weighted by Crippen LogP contribution is -2.40. The monoisotopic (exact) mass is 406 g/mol. The SMILES string of the molecule is Cc1nc2ccccc2n1CCNC(=O)N1CCCC1c1ccc2c(c1)OCCO2. The number of amides is 2. The van der Waals surface area contributed by atoms with E-state index in [0.717, 1.165) is 53.3 Å². The molecular formula is C23H26N4O3. The molecule has 1 unspecified atom stereocenters. The molecule has 0 bridgehead atoms. The predicted molar refractivity (Wildman–Crippen MR) is 114 cm³/mol. The molecule has 3 heterocycles. The summed E-state index contributed by atoms with van der Waals surface area (Å²) in [4.78, 5) is 19.5. The minimum Gasteiger partial charge on any atom is -0.486 e. The average Bonchev–Trinajstić information content (AvgIpc) is 3.38. The molecule has 1 N–H and O–H groups in total. The number of ether oxygens (including phenoxy) is 2. The van der Waals surface area contributed by atoms with E-state index in [2.05, 4.69) is 20.9 Å². The van der Waals surface area contributed by atoms with Gasteiger partial charge in [-0.3, -0.25) is 0 Å². The molecule has 2 aliphatic heterocycles. The second kappa shape index (κ2) is 7.89. The van der Waals surface area contributed by atoms with Crippen molar-refractivity contribution < 1.29 is 14.3 Å². The Labute approximate surface area is 175 Å². The highest BCUT2D eigenvalue weighted by Gasteiger charge is 2.30. The zero-order chi connectivity index (χ0) is 20.5. The van der Waals surface area contributed by atoms with Gasteiger partial charge in [0, 0.05) is 19.6 Å². The van der Waals surface area contributed by atoms with Gasteiger partial charge < -0.3 is 24.3 Å². The van der Waals surface area contributed by atoms with Crippen LogP contribution in [0, 0.1) is 6.92 Å². The molecule has 1 aromatic heterocycles. The zero-order valence-corrected chi connectivity index (χ0v) is 17.1. The molecule has 0 saturated carbocycles. The summed E-state index contributed by atoms with van der Waals surface area (Å²) >= 11 is 0. The molecule has 2 aromatic carbocycles. The van der Waals surface area contributed by atoms with Crippen LogP contribution in [-0.2, 0) is 6.54 Å². The van der Waals surface area contributed by atoms with E-state index in [-0.39, 0.29) is 12.1 Å². The number of hydrogen-bond donors (Lipinski definition) is 1. The zero-order valence-electron chi connectivity index (χ0n) is 17.1. The summed E-state index contributed by atoms with van der Waals surface area (Å²) in [5.41, 5.74) is 3.18. The Bertz CT molecular complexity index is 1080. The van der Waals surface area contributed by atoms with Gasteiger partial charge in [0.05, 0.1) is 17.1 Å². The standard InChI is InChI=1S/C23H26N4O3/c1-16-25-18-5-2-3-6-20(18)26(16)12-10-24-23(28)27-11-4-7-19(27)17-8-9-21-22(15-17)30-14-13-29-21/h2-3,5-6,8-9,15,19H,4,7,10-14H2,1H3,(H,24,28). The first kappa shape index (κ1) is 18.8. The molecule has 1 saturated heterocycles. The molecule has 5 rings (SSSR count). The number of carbonyl (C=O) groups is 1. The number of para-hydroxylation sites is 2. The summed E-state index contributed by atoms with van der Waals surface area (Å²) in [5.74, 6) is 2.51. The van der Waals surface area contributed by atoms with Crippen molar-refractivity contribution in [2.45, 2.75) is 32.4 Å². The van der Waals surface area contributed by atoms with E-state index in [1.165, 1.54) is 0 Å². The summed E-state index contributed by atoms with van der Waals surface area (Å²) < 4.78 is 13.5. The Morgan fingerprint density at radius 2 is 2.00 bits per heavy atom. The van der Waals surface area contributed by atoms with Gasteiger partial charge in [-0.25, -0.2) is 9.78 Å². The third-order valence-corrected chi connectivity index (χ3v) is 5.92. The number of likely N-dealkylation sites (tertiary alicyclic amines) is 1. The van der Waals surface area contributed by atoms with Gasteiger partial charge in [-0.05, 0) is 49.6 Å². The first-order valence-electron chi connectivity index (χ1n) is 10.6. The third-order valence-electron chi connectivity index (χ3n) is 5.92. The van der Waals surface area contributed by atoms with Gasteiger partial charge in [0.2, 0.25) is 0 Å². The van der Waals surface area contributed by atoms with Crippen LogP contribution in [0.1, 0.15) is 30.3 Å². The number of carbonyl (C=O) groups excluding carboxylic acids is 1. The number of aromatic nitrogens is 2. The van der Waals surface area contributed by atoms with Crippen molar-refractivity contribution in [1.29, 1.82) is 0 Å². The Kier molecular flexibility index (Phi) is 4.94. The molecular weight excluding hydrogens is 380 g/mol. The molecule has 30 heavy (non-hydrogen) atoms. The largest absolute Gasteiger partial charge is 0.486 e. The predicted octanol–water partition coefficient (Wildman–Crippen LogP) is 3.66. The number of urea groups is 1. The van der Waals surface area contributed by atoms with E-state index in [1.807, 2.05) is 48.2 Å². The summed E-state index contributed by atoms with van der Waals surface area (Å²) in [6, 6.07) is 14.1. The van der Waals surface area contributed by atoms with Crippen molar-refractivity contribution in [3.05, 3.63) is 53.9 Å². The van der Waals surface area contributed by atoms with Crippen molar-refractivity contribution in [3.8, 4) is 11.5 Å². The van der Waals surface area contributed by atoms with E-state index in [0.29, 0.717) is 26.3 Å². The molecule has 7 nitrogen and oxygen atoms in total. The maximum atomic E-state index is 12.9. The molecule has 7 heteroatoms. The molecule has 0 aliphatic carbocycles. The fraction of sp³-hybridized carbons (Fsp3) is 0.391. The molecule has 156 valence electrons. The number of imidazole rings is 1. The summed E-state index contributed by atoms with van der Waals surface area (Å²) in [6.07, 6.45) is 1.95. The molecule has 2 aliphatic rings. The van der Waals surface area contributed by atoms with Gasteiger partial charge in [-0.15, -0.1) is 0 Å². The van der Waals surface area contributed by atoms with Crippen molar-refractivity contribution in [3.63, 3.8) is 0 Å². The van der Waals surface area contributed by atoms with Gasteiger partial charge >= 0.3 is 6.03 Å². The van der Waals surface area contributed by atoms with Gasteiger partial charge in [0.15, 0.2) is 11.5 Å². The van der Waals surface area contributed by atoms with Gasteiger partial charge in [-0.1, -0.05) is 18.2 Å². The third kappa shape index (κ3) is 3.44. The molecule has 2 amide bonds. The second-order valence-electron chi connectivity index (χ2n) is 7.79. The topological polar surface area (TPSA) is 68.6 Å². The second-order valence-corrected chi connectivity index (χ2v) is 7.79. The lowest BCUT2D eigenvalue weighted by molar-refractivity contribution is 0.170. The van der Waals surface area contributed by atoms with Gasteiger partial charge in [0.1, 0.15) is 19.0 Å². The first-order valence-corrected chi connectivity index (χ1v) is 10.6. The highest BCUT2D eigenvalue weighted by Crippen LogP contribution is 2.38. The maximum absolute atomic E-state index is 12.9. The van der Waals surface area contributed by atoms with E-state index < -0.39 is 0 Å². The summed E-state index contributed by atoms with van der Waals surface area (Å²) in [7, 11) is 0.